The van der Waals surface area contributed by atoms with E-state index in [1.54, 1.807) is 22.8 Å². The number of nitrogens with zero attached hydrogens (tertiary/aromatic N) is 5. The molecule has 0 aliphatic carbocycles. The molecule has 0 aliphatic rings. The molecular formula is C19H24ClN5OS. The number of aryl methyl sites for hydroxylation is 3. The molecular weight excluding hydrogens is 382 g/mol. The third-order valence-corrected chi connectivity index (χ3v) is 5.98. The topological polar surface area (TPSA) is 54.3 Å². The van der Waals surface area contributed by atoms with E-state index in [9.17, 15) is 4.79 Å². The van der Waals surface area contributed by atoms with Gasteiger partial charge in [0.2, 0.25) is 0 Å². The highest BCUT2D eigenvalue weighted by molar-refractivity contribution is 7.22. The maximum atomic E-state index is 13.3. The zero-order valence-electron chi connectivity index (χ0n) is 16.3. The van der Waals surface area contributed by atoms with Gasteiger partial charge in [0.05, 0.1) is 16.4 Å². The van der Waals surface area contributed by atoms with Crippen LogP contribution in [0.4, 0.5) is 5.13 Å². The Morgan fingerprint density at radius 2 is 2.00 bits per heavy atom. The number of amides is 1. The second-order valence-corrected chi connectivity index (χ2v) is 8.35. The van der Waals surface area contributed by atoms with Crippen molar-refractivity contribution >= 4 is 44.2 Å². The number of aromatic nitrogens is 3. The first-order chi connectivity index (χ1) is 12.8. The molecule has 0 spiro atoms. The van der Waals surface area contributed by atoms with E-state index in [0.29, 0.717) is 22.4 Å². The molecule has 0 saturated heterocycles. The molecule has 1 amide bonds. The van der Waals surface area contributed by atoms with Crippen molar-refractivity contribution in [3.05, 3.63) is 40.2 Å². The van der Waals surface area contributed by atoms with Gasteiger partial charge in [-0.25, -0.2) is 4.98 Å². The van der Waals surface area contributed by atoms with E-state index in [4.69, 9.17) is 16.6 Å². The predicted octanol–water partition coefficient (Wildman–Crippen LogP) is 3.90. The van der Waals surface area contributed by atoms with Gasteiger partial charge in [0, 0.05) is 18.6 Å². The molecule has 1 aromatic carbocycles. The van der Waals surface area contributed by atoms with Crippen molar-refractivity contribution in [1.29, 1.82) is 0 Å². The van der Waals surface area contributed by atoms with E-state index >= 15 is 0 Å². The summed E-state index contributed by atoms with van der Waals surface area (Å²) in [5, 5.41) is 5.60. The van der Waals surface area contributed by atoms with Crippen molar-refractivity contribution in [2.24, 2.45) is 7.05 Å². The zero-order valence-corrected chi connectivity index (χ0v) is 17.9. The minimum absolute atomic E-state index is 0.0749. The summed E-state index contributed by atoms with van der Waals surface area (Å²) >= 11 is 7.76. The van der Waals surface area contributed by atoms with Crippen LogP contribution in [-0.2, 0) is 7.05 Å². The number of rotatable bonds is 6. The molecule has 0 N–H and O–H groups in total. The molecule has 27 heavy (non-hydrogen) atoms. The summed E-state index contributed by atoms with van der Waals surface area (Å²) < 4.78 is 2.66. The summed E-state index contributed by atoms with van der Waals surface area (Å²) in [7, 11) is 5.85. The number of carbonyl (C=O) groups excluding carboxylic acids is 1. The minimum Gasteiger partial charge on any atom is -0.309 e. The Labute approximate surface area is 168 Å². The molecule has 0 saturated carbocycles. The van der Waals surface area contributed by atoms with Crippen LogP contribution in [0.15, 0.2) is 18.3 Å². The van der Waals surface area contributed by atoms with Gasteiger partial charge in [0.1, 0.15) is 5.69 Å². The molecule has 0 bridgehead atoms. The Hall–Kier alpha value is -1.96. The van der Waals surface area contributed by atoms with Gasteiger partial charge in [-0.1, -0.05) is 22.9 Å². The maximum Gasteiger partial charge on any atom is 0.278 e. The van der Waals surface area contributed by atoms with E-state index in [-0.39, 0.29) is 5.91 Å². The van der Waals surface area contributed by atoms with Crippen LogP contribution in [0, 0.1) is 13.8 Å². The van der Waals surface area contributed by atoms with Gasteiger partial charge in [0.15, 0.2) is 5.13 Å². The Kier molecular flexibility index (Phi) is 5.83. The summed E-state index contributed by atoms with van der Waals surface area (Å²) in [6.07, 6.45) is 2.57. The van der Waals surface area contributed by atoms with Crippen LogP contribution >= 0.6 is 22.9 Å². The summed E-state index contributed by atoms with van der Waals surface area (Å²) in [5.74, 6) is -0.0749. The number of benzene rings is 1. The standard InChI is InChI=1S/C19H24ClN5OS/c1-12-11-21-24(5)17(12)18(26)25(10-6-9-23(3)4)19-22-16-13(2)14(20)7-8-15(16)27-19/h7-8,11H,6,9-10H2,1-5H3. The van der Waals surface area contributed by atoms with Gasteiger partial charge in [-0.05, 0) is 64.2 Å². The van der Waals surface area contributed by atoms with Crippen molar-refractivity contribution in [3.63, 3.8) is 0 Å². The van der Waals surface area contributed by atoms with Crippen molar-refractivity contribution in [2.75, 3.05) is 32.1 Å². The van der Waals surface area contributed by atoms with Crippen molar-refractivity contribution in [1.82, 2.24) is 19.7 Å². The lowest BCUT2D eigenvalue weighted by atomic mass is 10.2. The number of halogens is 1. The molecule has 0 aliphatic heterocycles. The third kappa shape index (κ3) is 4.00. The van der Waals surface area contributed by atoms with Gasteiger partial charge in [-0.15, -0.1) is 0 Å². The molecule has 3 rings (SSSR count). The molecule has 2 heterocycles. The Morgan fingerprint density at radius 3 is 2.63 bits per heavy atom. The fourth-order valence-corrected chi connectivity index (χ4v) is 4.22. The Balaban J connectivity index is 2.01. The highest BCUT2D eigenvalue weighted by Gasteiger charge is 2.25. The number of fused-ring (bicyclic) bond motifs is 1. The molecule has 0 unspecified atom stereocenters. The lowest BCUT2D eigenvalue weighted by molar-refractivity contribution is 0.0976. The second kappa shape index (κ2) is 7.96. The lowest BCUT2D eigenvalue weighted by Gasteiger charge is -2.21. The predicted molar refractivity (Wildman–Crippen MR) is 112 cm³/mol. The van der Waals surface area contributed by atoms with Crippen molar-refractivity contribution in [3.8, 4) is 0 Å². The van der Waals surface area contributed by atoms with Crippen LogP contribution in [0.25, 0.3) is 10.2 Å². The van der Waals surface area contributed by atoms with Gasteiger partial charge in [0.25, 0.3) is 5.91 Å². The number of thiazole rings is 1. The number of anilines is 1. The minimum atomic E-state index is -0.0749. The summed E-state index contributed by atoms with van der Waals surface area (Å²) in [6.45, 7) is 5.34. The van der Waals surface area contributed by atoms with Crippen LogP contribution in [0.2, 0.25) is 5.02 Å². The van der Waals surface area contributed by atoms with Crippen molar-refractivity contribution in [2.45, 2.75) is 20.3 Å². The molecule has 144 valence electrons. The van der Waals surface area contributed by atoms with E-state index < -0.39 is 0 Å². The Bertz CT molecular complexity index is 959. The van der Waals surface area contributed by atoms with Crippen LogP contribution in [0.1, 0.15) is 28.0 Å². The average molecular weight is 406 g/mol. The third-order valence-electron chi connectivity index (χ3n) is 4.52. The Morgan fingerprint density at radius 1 is 1.26 bits per heavy atom. The van der Waals surface area contributed by atoms with Gasteiger partial charge < -0.3 is 4.90 Å². The molecule has 2 aromatic heterocycles. The summed E-state index contributed by atoms with van der Waals surface area (Å²) in [6, 6.07) is 3.84. The molecule has 0 atom stereocenters. The lowest BCUT2D eigenvalue weighted by Crippen LogP contribution is -2.35. The van der Waals surface area contributed by atoms with E-state index in [1.165, 1.54) is 11.3 Å². The summed E-state index contributed by atoms with van der Waals surface area (Å²) in [5.41, 5.74) is 3.25. The summed E-state index contributed by atoms with van der Waals surface area (Å²) in [4.78, 5) is 22.0. The first kappa shape index (κ1) is 19.8. The van der Waals surface area contributed by atoms with Gasteiger partial charge >= 0.3 is 0 Å². The van der Waals surface area contributed by atoms with Crippen molar-refractivity contribution < 1.29 is 4.79 Å². The average Bonchev–Trinajstić information content (AvgIpc) is 3.18. The highest BCUT2D eigenvalue weighted by Crippen LogP contribution is 2.34. The highest BCUT2D eigenvalue weighted by atomic mass is 35.5. The normalized spacial score (nSPS) is 11.5. The smallest absolute Gasteiger partial charge is 0.278 e. The number of hydrogen-bond donors (Lipinski definition) is 0. The zero-order chi connectivity index (χ0) is 19.7. The van der Waals surface area contributed by atoms with E-state index in [0.717, 1.165) is 34.3 Å². The first-order valence-corrected chi connectivity index (χ1v) is 10.00. The van der Waals surface area contributed by atoms with E-state index in [1.807, 2.05) is 40.1 Å². The molecule has 0 radical (unpaired) electrons. The first-order valence-electron chi connectivity index (χ1n) is 8.80. The van der Waals surface area contributed by atoms with Gasteiger partial charge in [-0.3, -0.25) is 14.4 Å². The van der Waals surface area contributed by atoms with Crippen LogP contribution < -0.4 is 4.90 Å². The monoisotopic (exact) mass is 405 g/mol. The molecule has 6 nitrogen and oxygen atoms in total. The van der Waals surface area contributed by atoms with Crippen LogP contribution in [0.3, 0.4) is 0 Å². The maximum absolute atomic E-state index is 13.3. The molecule has 3 aromatic rings. The van der Waals surface area contributed by atoms with Gasteiger partial charge in [-0.2, -0.15) is 5.10 Å². The number of carbonyl (C=O) groups is 1. The number of hydrogen-bond acceptors (Lipinski definition) is 5. The molecule has 0 fully saturated rings. The largest absolute Gasteiger partial charge is 0.309 e. The second-order valence-electron chi connectivity index (χ2n) is 6.93. The van der Waals surface area contributed by atoms with E-state index in [2.05, 4.69) is 10.00 Å². The fourth-order valence-electron chi connectivity index (χ4n) is 3.02. The fraction of sp³-hybridized carbons (Fsp3) is 0.421. The van der Waals surface area contributed by atoms with Crippen LogP contribution in [-0.4, -0.2) is 52.8 Å². The molecule has 8 heteroatoms. The van der Waals surface area contributed by atoms with Crippen LogP contribution in [0.5, 0.6) is 0 Å². The SMILES string of the molecule is Cc1cnn(C)c1C(=O)N(CCCN(C)C)c1nc2c(C)c(Cl)ccc2s1. The quantitative estimate of drug-likeness (QED) is 0.624.